The third-order valence-electron chi connectivity index (χ3n) is 6.90. The van der Waals surface area contributed by atoms with Crippen LogP contribution in [-0.2, 0) is 13.1 Å². The van der Waals surface area contributed by atoms with Crippen LogP contribution < -0.4 is 9.64 Å². The first-order valence-electron chi connectivity index (χ1n) is 11.6. The highest BCUT2D eigenvalue weighted by molar-refractivity contribution is 6.14. The largest absolute Gasteiger partial charge is 0.488 e. The molecule has 3 aromatic rings. The fraction of sp³-hybridized carbons (Fsp3) is 0.440. The second-order valence-corrected chi connectivity index (χ2v) is 9.54. The highest BCUT2D eigenvalue weighted by atomic mass is 16.5. The minimum atomic E-state index is -0.00124. The molecular weight excluding hydrogens is 416 g/mol. The topological polar surface area (TPSA) is 79.9 Å². The fourth-order valence-electron chi connectivity index (χ4n) is 4.62. The van der Waals surface area contributed by atoms with Crippen molar-refractivity contribution in [3.8, 4) is 5.75 Å². The highest BCUT2D eigenvalue weighted by Gasteiger charge is 2.40. The maximum absolute atomic E-state index is 6.19. The normalized spacial score (nSPS) is 21.6. The number of oxazole rings is 1. The van der Waals surface area contributed by atoms with Crippen molar-refractivity contribution in [2.24, 2.45) is 4.99 Å². The lowest BCUT2D eigenvalue weighted by Gasteiger charge is -2.40. The van der Waals surface area contributed by atoms with Gasteiger partial charge in [-0.3, -0.25) is 9.89 Å². The first kappa shape index (κ1) is 20.4. The first-order chi connectivity index (χ1) is 16.1. The summed E-state index contributed by atoms with van der Waals surface area (Å²) in [6.45, 7) is 8.63. The zero-order valence-corrected chi connectivity index (χ0v) is 19.1. The number of nitrogens with zero attached hydrogens (tertiary/aromatic N) is 6. The van der Waals surface area contributed by atoms with E-state index in [4.69, 9.17) is 14.1 Å². The molecule has 6 rings (SSSR count). The van der Waals surface area contributed by atoms with Crippen molar-refractivity contribution in [3.05, 3.63) is 65.8 Å². The van der Waals surface area contributed by atoms with E-state index in [0.717, 1.165) is 73.3 Å². The van der Waals surface area contributed by atoms with Gasteiger partial charge in [0, 0.05) is 43.9 Å². The molecule has 0 radical (unpaired) electrons. The fourth-order valence-corrected chi connectivity index (χ4v) is 4.62. The Kier molecular flexibility index (Phi) is 4.90. The lowest BCUT2D eigenvalue weighted by molar-refractivity contribution is 0.178. The third-order valence-corrected chi connectivity index (χ3v) is 6.90. The van der Waals surface area contributed by atoms with Gasteiger partial charge in [0.2, 0.25) is 0 Å². The Bertz CT molecular complexity index is 1190. The third kappa shape index (κ3) is 4.11. The molecule has 1 saturated heterocycles. The highest BCUT2D eigenvalue weighted by Crippen LogP contribution is 2.40. The van der Waals surface area contributed by atoms with Crippen molar-refractivity contribution in [2.75, 3.05) is 24.5 Å². The minimum absolute atomic E-state index is 0.00124. The molecule has 0 amide bonds. The van der Waals surface area contributed by atoms with E-state index >= 15 is 0 Å². The summed E-state index contributed by atoms with van der Waals surface area (Å²) in [5.41, 5.74) is 5.10. The molecule has 0 unspecified atom stereocenters. The Morgan fingerprint density at radius 2 is 2.06 bits per heavy atom. The summed E-state index contributed by atoms with van der Waals surface area (Å²) in [5.74, 6) is 1.86. The molecule has 8 nitrogen and oxygen atoms in total. The van der Waals surface area contributed by atoms with Crippen molar-refractivity contribution < 1.29 is 9.15 Å². The molecule has 1 aliphatic carbocycles. The standard InChI is InChI=1S/C25H28N6O2/c1-17-12-31(8-7-30(17)13-19-14-32-16-29-19)23-10-22(27-15-28-23)24-21-9-20(33-25(2)5-6-25)4-3-18(21)11-26-24/h3-4,9-10,14-17H,5-8,11-13H2,1-2H3/t17-/m0/s1. The van der Waals surface area contributed by atoms with Crippen molar-refractivity contribution in [1.29, 1.82) is 0 Å². The van der Waals surface area contributed by atoms with Crippen LogP contribution in [0.1, 0.15) is 49.2 Å². The Balaban J connectivity index is 1.19. The van der Waals surface area contributed by atoms with Gasteiger partial charge in [-0.05, 0) is 44.4 Å². The molecule has 1 atom stereocenters. The van der Waals surface area contributed by atoms with Gasteiger partial charge in [-0.15, -0.1) is 0 Å². The van der Waals surface area contributed by atoms with Crippen molar-refractivity contribution in [1.82, 2.24) is 19.9 Å². The van der Waals surface area contributed by atoms with Crippen molar-refractivity contribution >= 4 is 11.5 Å². The van der Waals surface area contributed by atoms with Crippen LogP contribution in [0.4, 0.5) is 5.82 Å². The van der Waals surface area contributed by atoms with E-state index in [1.807, 2.05) is 0 Å². The van der Waals surface area contributed by atoms with Crippen LogP contribution in [0, 0.1) is 0 Å². The maximum Gasteiger partial charge on any atom is 0.180 e. The molecule has 2 aliphatic heterocycles. The Morgan fingerprint density at radius 3 is 2.85 bits per heavy atom. The Labute approximate surface area is 193 Å². The van der Waals surface area contributed by atoms with Gasteiger partial charge in [-0.1, -0.05) is 6.07 Å². The summed E-state index contributed by atoms with van der Waals surface area (Å²) < 4.78 is 11.3. The van der Waals surface area contributed by atoms with Crippen LogP contribution in [0.25, 0.3) is 0 Å². The molecule has 0 spiro atoms. The summed E-state index contributed by atoms with van der Waals surface area (Å²) >= 11 is 0. The van der Waals surface area contributed by atoms with Crippen LogP contribution in [0.5, 0.6) is 5.75 Å². The quantitative estimate of drug-likeness (QED) is 0.576. The number of aromatic nitrogens is 3. The Hall–Kier alpha value is -3.26. The van der Waals surface area contributed by atoms with E-state index in [2.05, 4.69) is 62.9 Å². The zero-order chi connectivity index (χ0) is 22.4. The molecule has 33 heavy (non-hydrogen) atoms. The van der Waals surface area contributed by atoms with Gasteiger partial charge >= 0.3 is 0 Å². The van der Waals surface area contributed by atoms with Crippen LogP contribution in [0.2, 0.25) is 0 Å². The molecule has 2 fully saturated rings. The molecule has 0 bridgehead atoms. The molecule has 3 aliphatic rings. The molecule has 2 aromatic heterocycles. The minimum Gasteiger partial charge on any atom is -0.488 e. The number of piperazine rings is 1. The van der Waals surface area contributed by atoms with E-state index in [9.17, 15) is 0 Å². The van der Waals surface area contributed by atoms with Gasteiger partial charge in [-0.25, -0.2) is 15.0 Å². The summed E-state index contributed by atoms with van der Waals surface area (Å²) in [7, 11) is 0. The van der Waals surface area contributed by atoms with Gasteiger partial charge in [0.15, 0.2) is 6.39 Å². The smallest absolute Gasteiger partial charge is 0.180 e. The predicted octanol–water partition coefficient (Wildman–Crippen LogP) is 3.46. The van der Waals surface area contributed by atoms with Crippen molar-refractivity contribution in [2.45, 2.75) is 51.4 Å². The summed E-state index contributed by atoms with van der Waals surface area (Å²) in [6.07, 6.45) is 7.10. The lowest BCUT2D eigenvalue weighted by atomic mass is 10.0. The second kappa shape index (κ2) is 7.95. The number of rotatable bonds is 6. The van der Waals surface area contributed by atoms with E-state index in [0.29, 0.717) is 12.6 Å². The van der Waals surface area contributed by atoms with E-state index in [1.165, 1.54) is 12.0 Å². The van der Waals surface area contributed by atoms with E-state index in [1.54, 1.807) is 12.6 Å². The molecule has 8 heteroatoms. The van der Waals surface area contributed by atoms with Crippen molar-refractivity contribution in [3.63, 3.8) is 0 Å². The van der Waals surface area contributed by atoms with E-state index in [-0.39, 0.29) is 5.60 Å². The summed E-state index contributed by atoms with van der Waals surface area (Å²) in [4.78, 5) is 23.0. The van der Waals surface area contributed by atoms with Gasteiger partial charge in [0.25, 0.3) is 0 Å². The summed E-state index contributed by atoms with van der Waals surface area (Å²) in [5, 5.41) is 0. The maximum atomic E-state index is 6.19. The van der Waals surface area contributed by atoms with Crippen LogP contribution >= 0.6 is 0 Å². The number of benzene rings is 1. The number of fused-ring (bicyclic) bond motifs is 1. The average Bonchev–Trinajstić information content (AvgIpc) is 3.18. The van der Waals surface area contributed by atoms with Gasteiger partial charge < -0.3 is 14.1 Å². The van der Waals surface area contributed by atoms with E-state index < -0.39 is 0 Å². The molecule has 1 saturated carbocycles. The predicted molar refractivity (Wildman–Crippen MR) is 125 cm³/mol. The molecule has 4 heterocycles. The molecule has 1 aromatic carbocycles. The number of aliphatic imine (C=N–C) groups is 1. The second-order valence-electron chi connectivity index (χ2n) is 9.54. The number of hydrogen-bond acceptors (Lipinski definition) is 8. The number of anilines is 1. The Morgan fingerprint density at radius 1 is 1.15 bits per heavy atom. The van der Waals surface area contributed by atoms with Crippen LogP contribution in [0.15, 0.2) is 52.7 Å². The molecule has 0 N–H and O–H groups in total. The van der Waals surface area contributed by atoms with Gasteiger partial charge in [0.05, 0.1) is 23.6 Å². The molecule has 170 valence electrons. The van der Waals surface area contributed by atoms with Gasteiger partial charge in [0.1, 0.15) is 29.8 Å². The monoisotopic (exact) mass is 444 g/mol. The number of ether oxygens (including phenoxy) is 1. The lowest BCUT2D eigenvalue weighted by Crippen LogP contribution is -2.51. The van der Waals surface area contributed by atoms with Gasteiger partial charge in [-0.2, -0.15) is 0 Å². The van der Waals surface area contributed by atoms with Crippen LogP contribution in [-0.4, -0.2) is 56.8 Å². The summed E-state index contributed by atoms with van der Waals surface area (Å²) in [6, 6.07) is 8.76. The number of hydrogen-bond donors (Lipinski definition) is 0. The SMILES string of the molecule is C[C@H]1CN(c2cc(C3=NCc4ccc(OC5(C)CC5)cc43)ncn2)CCN1Cc1cocn1. The van der Waals surface area contributed by atoms with Crippen LogP contribution in [0.3, 0.4) is 0 Å². The molecular formula is C25H28N6O2. The first-order valence-corrected chi connectivity index (χ1v) is 11.6. The average molecular weight is 445 g/mol. The zero-order valence-electron chi connectivity index (χ0n) is 19.1.